The lowest BCUT2D eigenvalue weighted by molar-refractivity contribution is -0.00152. The second-order valence-corrected chi connectivity index (χ2v) is 8.59. The first kappa shape index (κ1) is 21.5. The van der Waals surface area contributed by atoms with Crippen molar-refractivity contribution in [2.24, 2.45) is 5.92 Å². The number of aromatic nitrogens is 2. The average molecular weight is 454 g/mol. The number of piperidine rings is 3. The first-order valence-corrected chi connectivity index (χ1v) is 11.0. The second kappa shape index (κ2) is 8.90. The summed E-state index contributed by atoms with van der Waals surface area (Å²) in [7, 11) is 0. The predicted molar refractivity (Wildman–Crippen MR) is 117 cm³/mol. The number of amides is 1. The molecule has 0 aliphatic carbocycles. The lowest BCUT2D eigenvalue weighted by atomic mass is 9.74. The maximum atomic E-state index is 13.7. The molecule has 3 saturated heterocycles. The molecule has 3 aliphatic rings. The van der Waals surface area contributed by atoms with E-state index in [1.807, 2.05) is 25.1 Å². The minimum atomic E-state index is -0.843. The highest BCUT2D eigenvalue weighted by atomic mass is 19.1. The fraction of sp³-hybridized carbons (Fsp3) is 0.375. The van der Waals surface area contributed by atoms with Crippen molar-refractivity contribution in [1.29, 1.82) is 0 Å². The number of ether oxygens (including phenoxy) is 1. The van der Waals surface area contributed by atoms with Crippen LogP contribution in [0.1, 0.15) is 30.3 Å². The van der Waals surface area contributed by atoms with Gasteiger partial charge in [-0.25, -0.2) is 23.5 Å². The van der Waals surface area contributed by atoms with Gasteiger partial charge >= 0.3 is 6.09 Å². The predicted octanol–water partition coefficient (Wildman–Crippen LogP) is 4.75. The number of furan rings is 1. The molecule has 3 aromatic rings. The number of hydrogen-bond donors (Lipinski definition) is 1. The maximum absolute atomic E-state index is 13.7. The number of rotatable bonds is 5. The molecule has 1 amide bonds. The van der Waals surface area contributed by atoms with Gasteiger partial charge in [0.25, 0.3) is 0 Å². The SMILES string of the molecule is Cc1nc(-c2ccco2)cc([C@H]2CN3CC[C@H]2C[C@@H]3COC(=O)Nc2ccc(F)cc2F)n1. The number of aryl methyl sites for hydroxylation is 1. The summed E-state index contributed by atoms with van der Waals surface area (Å²) in [6.07, 6.45) is 2.80. The Labute approximate surface area is 189 Å². The van der Waals surface area contributed by atoms with Crippen molar-refractivity contribution >= 4 is 11.8 Å². The molecule has 0 radical (unpaired) electrons. The summed E-state index contributed by atoms with van der Waals surface area (Å²) in [6, 6.07) is 8.79. The minimum absolute atomic E-state index is 0.0938. The number of nitrogens with zero attached hydrogens (tertiary/aromatic N) is 3. The molecule has 3 aliphatic heterocycles. The Morgan fingerprint density at radius 1 is 1.27 bits per heavy atom. The van der Waals surface area contributed by atoms with Crippen LogP contribution in [0.5, 0.6) is 0 Å². The number of carbonyl (C=O) groups is 1. The van der Waals surface area contributed by atoms with Crippen molar-refractivity contribution in [3.05, 3.63) is 65.8 Å². The van der Waals surface area contributed by atoms with Gasteiger partial charge in [-0.1, -0.05) is 0 Å². The van der Waals surface area contributed by atoms with Crippen LogP contribution in [-0.2, 0) is 4.74 Å². The molecular formula is C24H24F2N4O3. The average Bonchev–Trinajstić information content (AvgIpc) is 3.35. The summed E-state index contributed by atoms with van der Waals surface area (Å²) in [5.74, 6) is 0.567. The molecule has 2 bridgehead atoms. The Morgan fingerprint density at radius 3 is 2.88 bits per heavy atom. The maximum Gasteiger partial charge on any atom is 0.411 e. The van der Waals surface area contributed by atoms with E-state index in [0.29, 0.717) is 17.8 Å². The van der Waals surface area contributed by atoms with Gasteiger partial charge in [-0.15, -0.1) is 0 Å². The zero-order valence-electron chi connectivity index (χ0n) is 18.1. The van der Waals surface area contributed by atoms with Gasteiger partial charge in [0.15, 0.2) is 5.76 Å². The Balaban J connectivity index is 1.22. The zero-order chi connectivity index (χ0) is 22.9. The molecule has 4 atom stereocenters. The molecule has 1 unspecified atom stereocenters. The lowest BCUT2D eigenvalue weighted by Gasteiger charge is -2.49. The zero-order valence-corrected chi connectivity index (χ0v) is 18.1. The fourth-order valence-electron chi connectivity index (χ4n) is 4.89. The van der Waals surface area contributed by atoms with Gasteiger partial charge in [0.05, 0.1) is 12.0 Å². The highest BCUT2D eigenvalue weighted by Gasteiger charge is 2.42. The molecule has 3 fully saturated rings. The highest BCUT2D eigenvalue weighted by molar-refractivity contribution is 5.84. The molecule has 1 aromatic carbocycles. The number of hydrogen-bond acceptors (Lipinski definition) is 6. The first-order chi connectivity index (χ1) is 16.0. The fourth-order valence-corrected chi connectivity index (χ4v) is 4.89. The number of nitrogens with one attached hydrogen (secondary N) is 1. The van der Waals surface area contributed by atoms with Gasteiger partial charge < -0.3 is 9.15 Å². The second-order valence-electron chi connectivity index (χ2n) is 8.59. The first-order valence-electron chi connectivity index (χ1n) is 11.0. The molecule has 33 heavy (non-hydrogen) atoms. The minimum Gasteiger partial charge on any atom is -0.463 e. The summed E-state index contributed by atoms with van der Waals surface area (Å²) in [4.78, 5) is 23.7. The summed E-state index contributed by atoms with van der Waals surface area (Å²) < 4.78 is 37.6. The van der Waals surface area contributed by atoms with Gasteiger partial charge in [0, 0.05) is 30.3 Å². The largest absolute Gasteiger partial charge is 0.463 e. The number of fused-ring (bicyclic) bond motifs is 3. The van der Waals surface area contributed by atoms with Crippen LogP contribution in [0, 0.1) is 24.5 Å². The van der Waals surface area contributed by atoms with Gasteiger partial charge in [0.1, 0.15) is 29.8 Å². The van der Waals surface area contributed by atoms with E-state index >= 15 is 0 Å². The van der Waals surface area contributed by atoms with Crippen molar-refractivity contribution in [3.63, 3.8) is 0 Å². The summed E-state index contributed by atoms with van der Waals surface area (Å²) in [5, 5.41) is 2.33. The van der Waals surface area contributed by atoms with E-state index in [4.69, 9.17) is 14.1 Å². The van der Waals surface area contributed by atoms with Crippen LogP contribution in [0.25, 0.3) is 11.5 Å². The van der Waals surface area contributed by atoms with Crippen molar-refractivity contribution < 1.29 is 22.7 Å². The van der Waals surface area contributed by atoms with E-state index in [1.165, 1.54) is 6.07 Å². The molecule has 9 heteroatoms. The van der Waals surface area contributed by atoms with Crippen molar-refractivity contribution in [2.75, 3.05) is 25.0 Å². The summed E-state index contributed by atoms with van der Waals surface area (Å²) in [5.41, 5.74) is 1.68. The molecule has 1 N–H and O–H groups in total. The normalized spacial score (nSPS) is 24.0. The van der Waals surface area contributed by atoms with Gasteiger partial charge in [-0.05, 0) is 62.6 Å². The van der Waals surface area contributed by atoms with Crippen molar-refractivity contribution in [2.45, 2.75) is 31.7 Å². The van der Waals surface area contributed by atoms with Gasteiger partial charge in [-0.2, -0.15) is 0 Å². The monoisotopic (exact) mass is 454 g/mol. The molecule has 2 aromatic heterocycles. The Hall–Kier alpha value is -3.33. The molecular weight excluding hydrogens is 430 g/mol. The third-order valence-electron chi connectivity index (χ3n) is 6.46. The van der Waals surface area contributed by atoms with E-state index in [1.54, 1.807) is 6.26 Å². The molecule has 0 saturated carbocycles. The van der Waals surface area contributed by atoms with Gasteiger partial charge in [0.2, 0.25) is 0 Å². The van der Waals surface area contributed by atoms with Gasteiger partial charge in [-0.3, -0.25) is 10.2 Å². The molecule has 7 nitrogen and oxygen atoms in total. The molecule has 0 spiro atoms. The van der Waals surface area contributed by atoms with E-state index < -0.39 is 17.7 Å². The van der Waals surface area contributed by atoms with Crippen LogP contribution < -0.4 is 5.32 Å². The van der Waals surface area contributed by atoms with Crippen LogP contribution in [0.3, 0.4) is 0 Å². The van der Waals surface area contributed by atoms with Crippen molar-refractivity contribution in [3.8, 4) is 11.5 Å². The topological polar surface area (TPSA) is 80.5 Å². The third-order valence-corrected chi connectivity index (χ3v) is 6.46. The Kier molecular flexibility index (Phi) is 5.80. The number of carbonyl (C=O) groups excluding carboxylic acids is 1. The highest BCUT2D eigenvalue weighted by Crippen LogP contribution is 2.42. The smallest absolute Gasteiger partial charge is 0.411 e. The Bertz CT molecular complexity index is 1150. The van der Waals surface area contributed by atoms with Crippen molar-refractivity contribution in [1.82, 2.24) is 14.9 Å². The van der Waals surface area contributed by atoms with E-state index in [0.717, 1.165) is 49.1 Å². The van der Waals surface area contributed by atoms with E-state index in [-0.39, 0.29) is 24.3 Å². The number of benzene rings is 1. The van der Waals surface area contributed by atoms with Crippen LogP contribution in [0.4, 0.5) is 19.3 Å². The molecule has 172 valence electrons. The van der Waals surface area contributed by atoms with Crippen LogP contribution >= 0.6 is 0 Å². The van der Waals surface area contributed by atoms with Crippen LogP contribution in [0.2, 0.25) is 0 Å². The quantitative estimate of drug-likeness (QED) is 0.599. The lowest BCUT2D eigenvalue weighted by Crippen LogP contribution is -2.54. The van der Waals surface area contributed by atoms with E-state index in [2.05, 4.69) is 15.2 Å². The number of anilines is 1. The number of halogens is 2. The van der Waals surface area contributed by atoms with Crippen LogP contribution in [0.15, 0.2) is 47.1 Å². The molecule has 6 rings (SSSR count). The summed E-state index contributed by atoms with van der Waals surface area (Å²) >= 11 is 0. The van der Waals surface area contributed by atoms with E-state index in [9.17, 15) is 13.6 Å². The van der Waals surface area contributed by atoms with Crippen LogP contribution in [-0.4, -0.2) is 46.7 Å². The molecule has 5 heterocycles. The summed E-state index contributed by atoms with van der Waals surface area (Å²) in [6.45, 7) is 3.84. The standard InChI is InChI=1S/C24H24F2N4O3/c1-14-27-21(11-22(28-14)23-3-2-8-32-23)18-12-30-7-6-15(18)9-17(30)13-33-24(31)29-20-5-4-16(25)10-19(20)26/h2-5,8,10-11,15,17-18H,6-7,9,12-13H2,1H3,(H,29,31)/t15-,17+,18-/m0/s1. The third kappa shape index (κ3) is 4.59. The Morgan fingerprint density at radius 2 is 2.15 bits per heavy atom.